The van der Waals surface area contributed by atoms with Crippen LogP contribution in [-0.4, -0.2) is 13.7 Å². The third kappa shape index (κ3) is 3.33. The summed E-state index contributed by atoms with van der Waals surface area (Å²) >= 11 is 1.62. The van der Waals surface area contributed by atoms with Crippen molar-refractivity contribution in [3.8, 4) is 5.75 Å². The minimum atomic E-state index is -0.237. The molecule has 0 saturated heterocycles. The molecule has 0 saturated carbocycles. The molecule has 0 amide bonds. The van der Waals surface area contributed by atoms with Crippen LogP contribution < -0.4 is 10.1 Å². The van der Waals surface area contributed by atoms with E-state index in [4.69, 9.17) is 4.74 Å². The second-order valence-electron chi connectivity index (χ2n) is 4.33. The SMILES string of the molecule is CCCNC(c1ccsc1)c1ccc(OC)cc1F. The lowest BCUT2D eigenvalue weighted by atomic mass is 10.0. The number of rotatable bonds is 6. The highest BCUT2D eigenvalue weighted by molar-refractivity contribution is 7.08. The first-order valence-electron chi connectivity index (χ1n) is 6.35. The Labute approximate surface area is 117 Å². The summed E-state index contributed by atoms with van der Waals surface area (Å²) in [5.74, 6) is 0.306. The van der Waals surface area contributed by atoms with Crippen LogP contribution in [0.1, 0.15) is 30.5 Å². The number of nitrogens with one attached hydrogen (secondary N) is 1. The Morgan fingerprint density at radius 1 is 1.37 bits per heavy atom. The lowest BCUT2D eigenvalue weighted by Crippen LogP contribution is -2.23. The fourth-order valence-corrected chi connectivity index (χ4v) is 2.69. The van der Waals surface area contributed by atoms with Crippen LogP contribution in [0.25, 0.3) is 0 Å². The highest BCUT2D eigenvalue weighted by Gasteiger charge is 2.18. The summed E-state index contributed by atoms with van der Waals surface area (Å²) in [5, 5.41) is 7.46. The van der Waals surface area contributed by atoms with Crippen molar-refractivity contribution in [2.24, 2.45) is 0 Å². The Kier molecular flexibility index (Phi) is 4.93. The molecule has 0 aliphatic heterocycles. The fourth-order valence-electron chi connectivity index (χ4n) is 2.00. The van der Waals surface area contributed by atoms with Gasteiger partial charge in [-0.25, -0.2) is 4.39 Å². The van der Waals surface area contributed by atoms with Crippen molar-refractivity contribution in [1.82, 2.24) is 5.32 Å². The second-order valence-corrected chi connectivity index (χ2v) is 5.11. The van der Waals surface area contributed by atoms with Gasteiger partial charge < -0.3 is 10.1 Å². The minimum Gasteiger partial charge on any atom is -0.497 e. The Morgan fingerprint density at radius 2 is 2.21 bits per heavy atom. The van der Waals surface area contributed by atoms with Crippen LogP contribution >= 0.6 is 11.3 Å². The molecule has 1 aromatic carbocycles. The van der Waals surface area contributed by atoms with Gasteiger partial charge in [0, 0.05) is 11.6 Å². The number of thiophene rings is 1. The van der Waals surface area contributed by atoms with Crippen LogP contribution in [0.15, 0.2) is 35.0 Å². The van der Waals surface area contributed by atoms with Gasteiger partial charge in [0.05, 0.1) is 13.2 Å². The average Bonchev–Trinajstić information content (AvgIpc) is 2.94. The molecular weight excluding hydrogens is 261 g/mol. The molecule has 19 heavy (non-hydrogen) atoms. The van der Waals surface area contributed by atoms with Crippen molar-refractivity contribution in [3.05, 3.63) is 52.0 Å². The highest BCUT2D eigenvalue weighted by Crippen LogP contribution is 2.28. The number of halogens is 1. The Balaban J connectivity index is 2.32. The summed E-state index contributed by atoms with van der Waals surface area (Å²) in [4.78, 5) is 0. The van der Waals surface area contributed by atoms with E-state index in [2.05, 4.69) is 17.6 Å². The Morgan fingerprint density at radius 3 is 2.79 bits per heavy atom. The predicted molar refractivity (Wildman–Crippen MR) is 77.4 cm³/mol. The van der Waals surface area contributed by atoms with E-state index in [1.165, 1.54) is 6.07 Å². The summed E-state index contributed by atoms with van der Waals surface area (Å²) in [7, 11) is 1.54. The third-order valence-electron chi connectivity index (χ3n) is 2.99. The molecule has 2 aromatic rings. The molecule has 0 fully saturated rings. The molecule has 0 spiro atoms. The van der Waals surface area contributed by atoms with Crippen LogP contribution in [0.3, 0.4) is 0 Å². The maximum Gasteiger partial charge on any atom is 0.132 e. The van der Waals surface area contributed by atoms with Crippen molar-refractivity contribution in [3.63, 3.8) is 0 Å². The van der Waals surface area contributed by atoms with Crippen LogP contribution in [0, 0.1) is 5.82 Å². The molecule has 0 bridgehead atoms. The lowest BCUT2D eigenvalue weighted by molar-refractivity contribution is 0.410. The molecule has 2 nitrogen and oxygen atoms in total. The summed E-state index contributed by atoms with van der Waals surface area (Å²) in [6.07, 6.45) is 1.01. The van der Waals surface area contributed by atoms with Gasteiger partial charge in [-0.2, -0.15) is 11.3 Å². The first kappa shape index (κ1) is 14.0. The van der Waals surface area contributed by atoms with E-state index in [1.54, 1.807) is 30.6 Å². The van der Waals surface area contributed by atoms with Gasteiger partial charge in [-0.3, -0.25) is 0 Å². The fraction of sp³-hybridized carbons (Fsp3) is 0.333. The first-order chi connectivity index (χ1) is 9.26. The van der Waals surface area contributed by atoms with E-state index < -0.39 is 0 Å². The maximum atomic E-state index is 14.2. The zero-order chi connectivity index (χ0) is 13.7. The molecular formula is C15H18FNOS. The van der Waals surface area contributed by atoms with E-state index in [0.717, 1.165) is 18.5 Å². The summed E-state index contributed by atoms with van der Waals surface area (Å²) in [5.41, 5.74) is 1.76. The van der Waals surface area contributed by atoms with Crippen molar-refractivity contribution in [2.45, 2.75) is 19.4 Å². The minimum absolute atomic E-state index is 0.0999. The van der Waals surface area contributed by atoms with Gasteiger partial charge in [0.2, 0.25) is 0 Å². The highest BCUT2D eigenvalue weighted by atomic mass is 32.1. The van der Waals surface area contributed by atoms with Gasteiger partial charge in [-0.05, 0) is 41.4 Å². The molecule has 1 unspecified atom stereocenters. The standard InChI is InChI=1S/C15H18FNOS/c1-3-7-17-15(11-6-8-19-10-11)13-5-4-12(18-2)9-14(13)16/h4-6,8-10,15,17H,3,7H2,1-2H3. The Bertz CT molecular complexity index is 513. The number of ether oxygens (including phenoxy) is 1. The van der Waals surface area contributed by atoms with Gasteiger partial charge in [-0.1, -0.05) is 13.0 Å². The van der Waals surface area contributed by atoms with Crippen molar-refractivity contribution < 1.29 is 9.13 Å². The molecule has 0 aliphatic carbocycles. The van der Waals surface area contributed by atoms with Gasteiger partial charge >= 0.3 is 0 Å². The van der Waals surface area contributed by atoms with Gasteiger partial charge in [-0.15, -0.1) is 0 Å². The van der Waals surface area contributed by atoms with E-state index in [9.17, 15) is 4.39 Å². The van der Waals surface area contributed by atoms with Crippen LogP contribution in [0.5, 0.6) is 5.75 Å². The number of hydrogen-bond donors (Lipinski definition) is 1. The summed E-state index contributed by atoms with van der Waals surface area (Å²) in [6, 6.07) is 6.95. The van der Waals surface area contributed by atoms with E-state index >= 15 is 0 Å². The maximum absolute atomic E-state index is 14.2. The molecule has 0 aliphatic rings. The molecule has 102 valence electrons. The molecule has 4 heteroatoms. The number of benzene rings is 1. The molecule has 1 aromatic heterocycles. The van der Waals surface area contributed by atoms with Crippen molar-refractivity contribution >= 4 is 11.3 Å². The van der Waals surface area contributed by atoms with Gasteiger partial charge in [0.1, 0.15) is 11.6 Å². The Hall–Kier alpha value is -1.39. The third-order valence-corrected chi connectivity index (χ3v) is 3.70. The molecule has 0 radical (unpaired) electrons. The quantitative estimate of drug-likeness (QED) is 0.863. The number of methoxy groups -OCH3 is 1. The molecule has 2 rings (SSSR count). The first-order valence-corrected chi connectivity index (χ1v) is 7.29. The monoisotopic (exact) mass is 279 g/mol. The smallest absolute Gasteiger partial charge is 0.132 e. The van der Waals surface area contributed by atoms with Crippen molar-refractivity contribution in [2.75, 3.05) is 13.7 Å². The topological polar surface area (TPSA) is 21.3 Å². The molecule has 1 atom stereocenters. The zero-order valence-electron chi connectivity index (χ0n) is 11.2. The largest absolute Gasteiger partial charge is 0.497 e. The zero-order valence-corrected chi connectivity index (χ0v) is 12.0. The van der Waals surface area contributed by atoms with Crippen LogP contribution in [0.2, 0.25) is 0 Å². The molecule has 1 N–H and O–H groups in total. The van der Waals surface area contributed by atoms with Gasteiger partial charge in [0.25, 0.3) is 0 Å². The van der Waals surface area contributed by atoms with Crippen LogP contribution in [-0.2, 0) is 0 Å². The molecule has 1 heterocycles. The van der Waals surface area contributed by atoms with Crippen LogP contribution in [0.4, 0.5) is 4.39 Å². The normalized spacial score (nSPS) is 12.4. The second kappa shape index (κ2) is 6.68. The summed E-state index contributed by atoms with van der Waals surface area (Å²) < 4.78 is 19.2. The van der Waals surface area contributed by atoms with E-state index in [0.29, 0.717) is 11.3 Å². The van der Waals surface area contributed by atoms with E-state index in [-0.39, 0.29) is 11.9 Å². The average molecular weight is 279 g/mol. The number of hydrogen-bond acceptors (Lipinski definition) is 3. The van der Waals surface area contributed by atoms with Crippen molar-refractivity contribution in [1.29, 1.82) is 0 Å². The van der Waals surface area contributed by atoms with E-state index in [1.807, 2.05) is 11.4 Å². The lowest BCUT2D eigenvalue weighted by Gasteiger charge is -2.19. The summed E-state index contributed by atoms with van der Waals surface area (Å²) in [6.45, 7) is 2.95. The predicted octanol–water partition coefficient (Wildman–Crippen LogP) is 3.98. The van der Waals surface area contributed by atoms with Gasteiger partial charge in [0.15, 0.2) is 0 Å².